The highest BCUT2D eigenvalue weighted by molar-refractivity contribution is 5.68. The first kappa shape index (κ1) is 24.9. The summed E-state index contributed by atoms with van der Waals surface area (Å²) in [6.07, 6.45) is 15.6. The molecule has 0 aliphatic rings. The second kappa shape index (κ2) is 17.4. The Labute approximate surface area is 160 Å². The molecule has 2 atom stereocenters. The van der Waals surface area contributed by atoms with Crippen LogP contribution < -0.4 is 10.2 Å². The number of hydrogen-bond acceptors (Lipinski definition) is 4. The summed E-state index contributed by atoms with van der Waals surface area (Å²) < 4.78 is 0. The molecule has 0 aromatic heterocycles. The van der Waals surface area contributed by atoms with E-state index in [2.05, 4.69) is 13.8 Å². The highest BCUT2D eigenvalue weighted by atomic mass is 16.4. The van der Waals surface area contributed by atoms with E-state index < -0.39 is 17.9 Å². The zero-order valence-electron chi connectivity index (χ0n) is 17.1. The summed E-state index contributed by atoms with van der Waals surface area (Å²) in [5, 5.41) is 22.3. The van der Waals surface area contributed by atoms with Crippen LogP contribution in [0.5, 0.6) is 0 Å². The van der Waals surface area contributed by atoms with Crippen LogP contribution in [0.1, 0.15) is 117 Å². The lowest BCUT2D eigenvalue weighted by atomic mass is 9.80. The van der Waals surface area contributed by atoms with Gasteiger partial charge in [0.25, 0.3) is 0 Å². The van der Waals surface area contributed by atoms with Crippen molar-refractivity contribution in [1.82, 2.24) is 0 Å². The standard InChI is InChI=1S/C22H42O4/c1-3-5-7-9-11-13-16-19(15-12-10-8-6-4-2)20(22(25)26)17-14-18-21(23)24/h19-20H,3-18H2,1-2H3,(H,23,24)(H,25,26)/p-2. The first-order valence-corrected chi connectivity index (χ1v) is 10.9. The van der Waals surface area contributed by atoms with Gasteiger partial charge in [-0.05, 0) is 38.0 Å². The van der Waals surface area contributed by atoms with Gasteiger partial charge in [-0.3, -0.25) is 0 Å². The Kier molecular flexibility index (Phi) is 16.7. The molecule has 4 heteroatoms. The topological polar surface area (TPSA) is 80.3 Å². The first-order valence-electron chi connectivity index (χ1n) is 10.9. The summed E-state index contributed by atoms with van der Waals surface area (Å²) in [7, 11) is 0. The molecular formula is C22H40O4-2. The fraction of sp³-hybridized carbons (Fsp3) is 0.909. The minimum Gasteiger partial charge on any atom is -0.550 e. The summed E-state index contributed by atoms with van der Waals surface area (Å²) in [6.45, 7) is 4.39. The maximum atomic E-state index is 11.7. The monoisotopic (exact) mass is 368 g/mol. The molecule has 0 fully saturated rings. The molecule has 0 aromatic carbocycles. The van der Waals surface area contributed by atoms with Crippen molar-refractivity contribution < 1.29 is 19.8 Å². The SMILES string of the molecule is CCCCCCCCC(CCCCCCC)C(CCCC(=O)[O-])C(=O)[O-]. The van der Waals surface area contributed by atoms with Crippen molar-refractivity contribution in [3.63, 3.8) is 0 Å². The van der Waals surface area contributed by atoms with Gasteiger partial charge in [0.1, 0.15) is 0 Å². The van der Waals surface area contributed by atoms with Crippen molar-refractivity contribution >= 4 is 11.9 Å². The Morgan fingerprint density at radius 3 is 1.54 bits per heavy atom. The summed E-state index contributed by atoms with van der Waals surface area (Å²) in [5.41, 5.74) is 0. The van der Waals surface area contributed by atoms with Crippen LogP contribution in [0.25, 0.3) is 0 Å². The molecule has 0 radical (unpaired) electrons. The number of aliphatic carboxylic acids is 2. The van der Waals surface area contributed by atoms with Crippen LogP contribution in [0.3, 0.4) is 0 Å². The number of carbonyl (C=O) groups excluding carboxylic acids is 2. The minimum atomic E-state index is -1.10. The highest BCUT2D eigenvalue weighted by Crippen LogP contribution is 2.29. The molecule has 26 heavy (non-hydrogen) atoms. The van der Waals surface area contributed by atoms with Crippen LogP contribution >= 0.6 is 0 Å². The lowest BCUT2D eigenvalue weighted by Crippen LogP contribution is -2.36. The molecule has 154 valence electrons. The van der Waals surface area contributed by atoms with Crippen molar-refractivity contribution in [1.29, 1.82) is 0 Å². The Morgan fingerprint density at radius 2 is 1.12 bits per heavy atom. The third kappa shape index (κ3) is 14.1. The van der Waals surface area contributed by atoms with Gasteiger partial charge in [0.05, 0.1) is 0 Å². The molecule has 0 aliphatic carbocycles. The van der Waals surface area contributed by atoms with E-state index in [0.717, 1.165) is 38.5 Å². The highest BCUT2D eigenvalue weighted by Gasteiger charge is 2.22. The van der Waals surface area contributed by atoms with Crippen LogP contribution in [-0.4, -0.2) is 11.9 Å². The van der Waals surface area contributed by atoms with E-state index in [-0.39, 0.29) is 12.3 Å². The lowest BCUT2D eigenvalue weighted by Gasteiger charge is -2.28. The van der Waals surface area contributed by atoms with E-state index in [9.17, 15) is 19.8 Å². The van der Waals surface area contributed by atoms with E-state index in [4.69, 9.17) is 0 Å². The zero-order chi connectivity index (χ0) is 19.6. The molecule has 0 rings (SSSR count). The molecule has 0 saturated carbocycles. The van der Waals surface area contributed by atoms with Gasteiger partial charge in [-0.2, -0.15) is 0 Å². The summed E-state index contributed by atoms with van der Waals surface area (Å²) in [6, 6.07) is 0. The van der Waals surface area contributed by atoms with Crippen LogP contribution in [0.4, 0.5) is 0 Å². The van der Waals surface area contributed by atoms with Crippen LogP contribution in [-0.2, 0) is 9.59 Å². The average Bonchev–Trinajstić information content (AvgIpc) is 2.59. The molecule has 0 heterocycles. The Morgan fingerprint density at radius 1 is 0.654 bits per heavy atom. The number of carbonyl (C=O) groups is 2. The van der Waals surface area contributed by atoms with Gasteiger partial charge in [0.15, 0.2) is 0 Å². The molecule has 0 aliphatic heterocycles. The normalized spacial score (nSPS) is 13.5. The molecule has 4 nitrogen and oxygen atoms in total. The van der Waals surface area contributed by atoms with Crippen molar-refractivity contribution in [2.75, 3.05) is 0 Å². The van der Waals surface area contributed by atoms with Gasteiger partial charge in [0.2, 0.25) is 0 Å². The minimum absolute atomic E-state index is 0.0655. The van der Waals surface area contributed by atoms with Crippen LogP contribution in [0.2, 0.25) is 0 Å². The fourth-order valence-corrected chi connectivity index (χ4v) is 3.76. The van der Waals surface area contributed by atoms with E-state index >= 15 is 0 Å². The number of carboxylic acid groups (broad SMARTS) is 2. The van der Waals surface area contributed by atoms with Crippen molar-refractivity contribution in [2.45, 2.75) is 117 Å². The van der Waals surface area contributed by atoms with Crippen LogP contribution in [0, 0.1) is 11.8 Å². The van der Waals surface area contributed by atoms with E-state index in [1.54, 1.807) is 0 Å². The maximum absolute atomic E-state index is 11.7. The van der Waals surface area contributed by atoms with E-state index in [0.29, 0.717) is 12.8 Å². The number of carboxylic acids is 2. The fourth-order valence-electron chi connectivity index (χ4n) is 3.76. The molecule has 0 aromatic rings. The third-order valence-electron chi connectivity index (χ3n) is 5.37. The molecule has 0 spiro atoms. The molecular weight excluding hydrogens is 328 g/mol. The zero-order valence-corrected chi connectivity index (χ0v) is 17.1. The predicted octanol–water partition coefficient (Wildman–Crippen LogP) is 4.00. The van der Waals surface area contributed by atoms with Gasteiger partial charge >= 0.3 is 0 Å². The summed E-state index contributed by atoms with van der Waals surface area (Å²) >= 11 is 0. The third-order valence-corrected chi connectivity index (χ3v) is 5.37. The molecule has 0 saturated heterocycles. The number of unbranched alkanes of at least 4 members (excludes halogenated alkanes) is 9. The first-order chi connectivity index (χ1) is 12.5. The smallest absolute Gasteiger partial charge is 0.0448 e. The second-order valence-corrected chi connectivity index (χ2v) is 7.71. The average molecular weight is 369 g/mol. The number of hydrogen-bond donors (Lipinski definition) is 0. The molecule has 0 bridgehead atoms. The molecule has 2 unspecified atom stereocenters. The van der Waals surface area contributed by atoms with Gasteiger partial charge < -0.3 is 19.8 Å². The van der Waals surface area contributed by atoms with E-state index in [1.807, 2.05) is 0 Å². The quantitative estimate of drug-likeness (QED) is 0.323. The largest absolute Gasteiger partial charge is 0.550 e. The Bertz CT molecular complexity index is 354. The van der Waals surface area contributed by atoms with Gasteiger partial charge in [0, 0.05) is 17.9 Å². The van der Waals surface area contributed by atoms with E-state index in [1.165, 1.54) is 44.9 Å². The Hall–Kier alpha value is -1.06. The molecule has 0 N–H and O–H groups in total. The molecule has 0 amide bonds. The Balaban J connectivity index is 4.46. The predicted molar refractivity (Wildman–Crippen MR) is 102 cm³/mol. The van der Waals surface area contributed by atoms with Gasteiger partial charge in [-0.25, -0.2) is 0 Å². The summed E-state index contributed by atoms with van der Waals surface area (Å²) in [4.78, 5) is 22.3. The summed E-state index contributed by atoms with van der Waals surface area (Å²) in [5.74, 6) is -2.51. The van der Waals surface area contributed by atoms with Gasteiger partial charge in [-0.1, -0.05) is 84.5 Å². The second-order valence-electron chi connectivity index (χ2n) is 7.71. The van der Waals surface area contributed by atoms with Gasteiger partial charge in [-0.15, -0.1) is 0 Å². The lowest BCUT2D eigenvalue weighted by molar-refractivity contribution is -0.315. The number of rotatable bonds is 19. The maximum Gasteiger partial charge on any atom is 0.0448 e. The van der Waals surface area contributed by atoms with Crippen molar-refractivity contribution in [3.8, 4) is 0 Å². The van der Waals surface area contributed by atoms with Crippen molar-refractivity contribution in [2.24, 2.45) is 11.8 Å². The van der Waals surface area contributed by atoms with Crippen molar-refractivity contribution in [3.05, 3.63) is 0 Å². The van der Waals surface area contributed by atoms with Crippen LogP contribution in [0.15, 0.2) is 0 Å².